The van der Waals surface area contributed by atoms with Gasteiger partial charge >= 0.3 is 0 Å². The molecular weight excluding hydrogens is 290 g/mol. The highest BCUT2D eigenvalue weighted by molar-refractivity contribution is 5.47. The summed E-state index contributed by atoms with van der Waals surface area (Å²) < 4.78 is 7.43. The smallest absolute Gasteiger partial charge is 0.176 e. The summed E-state index contributed by atoms with van der Waals surface area (Å²) in [5.41, 5.74) is 3.24. The molecule has 1 aromatic carbocycles. The first-order valence-electron chi connectivity index (χ1n) is 8.26. The second-order valence-electron chi connectivity index (χ2n) is 6.38. The third-order valence-electron chi connectivity index (χ3n) is 5.00. The van der Waals surface area contributed by atoms with Crippen molar-refractivity contribution < 1.29 is 4.74 Å². The normalized spacial score (nSPS) is 18.8. The fraction of sp³-hybridized carbons (Fsp3) is 0.588. The van der Waals surface area contributed by atoms with Crippen LogP contribution in [0.5, 0.6) is 0 Å². The summed E-state index contributed by atoms with van der Waals surface area (Å²) >= 11 is 0. The van der Waals surface area contributed by atoms with E-state index < -0.39 is 0 Å². The third kappa shape index (κ3) is 2.77. The zero-order valence-corrected chi connectivity index (χ0v) is 14.4. The first-order chi connectivity index (χ1) is 11.1. The summed E-state index contributed by atoms with van der Waals surface area (Å²) in [4.78, 5) is 2.44. The molecule has 0 saturated carbocycles. The van der Waals surface area contributed by atoms with Gasteiger partial charge in [-0.25, -0.2) is 0 Å². The van der Waals surface area contributed by atoms with E-state index in [4.69, 9.17) is 4.74 Å². The Morgan fingerprint density at radius 1 is 1.17 bits per heavy atom. The lowest BCUT2D eigenvalue weighted by atomic mass is 9.94. The molecule has 124 valence electrons. The highest BCUT2D eigenvalue weighted by Crippen LogP contribution is 2.32. The van der Waals surface area contributed by atoms with Crippen LogP contribution in [-0.2, 0) is 10.3 Å². The van der Waals surface area contributed by atoms with E-state index >= 15 is 0 Å². The molecule has 3 rings (SSSR count). The van der Waals surface area contributed by atoms with Crippen molar-refractivity contribution in [3.8, 4) is 5.69 Å². The van der Waals surface area contributed by atoms with Crippen LogP contribution < -0.4 is 0 Å². The van der Waals surface area contributed by atoms with Gasteiger partial charge in [-0.3, -0.25) is 4.90 Å². The average molecular weight is 315 g/mol. The van der Waals surface area contributed by atoms with E-state index in [9.17, 15) is 0 Å². The van der Waals surface area contributed by atoms with Crippen LogP contribution >= 0.6 is 0 Å². The Morgan fingerprint density at radius 2 is 1.83 bits per heavy atom. The first kappa shape index (κ1) is 16.1. The Kier molecular flexibility index (Phi) is 4.46. The molecule has 23 heavy (non-hydrogen) atoms. The first-order valence-corrected chi connectivity index (χ1v) is 8.26. The zero-order chi connectivity index (χ0) is 16.4. The van der Waals surface area contributed by atoms with Crippen molar-refractivity contribution in [2.24, 2.45) is 0 Å². The summed E-state index contributed by atoms with van der Waals surface area (Å²) in [7, 11) is 0. The molecule has 0 radical (unpaired) electrons. The number of para-hydroxylation sites is 1. The van der Waals surface area contributed by atoms with E-state index in [1.807, 2.05) is 4.68 Å². The van der Waals surface area contributed by atoms with Crippen molar-refractivity contribution in [2.45, 2.75) is 39.7 Å². The average Bonchev–Trinajstić information content (AvgIpc) is 3.04. The maximum Gasteiger partial charge on any atom is 0.176 e. The molecule has 2 heterocycles. The summed E-state index contributed by atoms with van der Waals surface area (Å²) in [6, 6.07) is 6.27. The molecule has 1 fully saturated rings. The van der Waals surface area contributed by atoms with Crippen molar-refractivity contribution in [3.63, 3.8) is 0 Å². The second-order valence-corrected chi connectivity index (χ2v) is 6.38. The highest BCUT2D eigenvalue weighted by Gasteiger charge is 2.38. The van der Waals surface area contributed by atoms with Crippen LogP contribution in [0.3, 0.4) is 0 Å². The maximum absolute atomic E-state index is 5.51. The number of aryl methyl sites for hydroxylation is 2. The minimum atomic E-state index is -0.206. The molecule has 6 nitrogen and oxygen atoms in total. The van der Waals surface area contributed by atoms with E-state index in [0.29, 0.717) is 0 Å². The van der Waals surface area contributed by atoms with Crippen LogP contribution in [0.1, 0.15) is 37.2 Å². The van der Waals surface area contributed by atoms with Gasteiger partial charge in [0, 0.05) is 13.1 Å². The monoisotopic (exact) mass is 315 g/mol. The van der Waals surface area contributed by atoms with Crippen molar-refractivity contribution in [1.82, 2.24) is 25.1 Å². The Balaban J connectivity index is 2.08. The van der Waals surface area contributed by atoms with Crippen molar-refractivity contribution in [3.05, 3.63) is 35.2 Å². The number of rotatable bonds is 4. The van der Waals surface area contributed by atoms with Gasteiger partial charge in [-0.2, -0.15) is 4.68 Å². The van der Waals surface area contributed by atoms with Gasteiger partial charge in [0.25, 0.3) is 0 Å². The van der Waals surface area contributed by atoms with E-state index in [-0.39, 0.29) is 5.54 Å². The van der Waals surface area contributed by atoms with Crippen molar-refractivity contribution in [2.75, 3.05) is 26.3 Å². The van der Waals surface area contributed by atoms with Gasteiger partial charge < -0.3 is 4.74 Å². The Hall–Kier alpha value is -1.79. The number of hydrogen-bond acceptors (Lipinski definition) is 5. The minimum Gasteiger partial charge on any atom is -0.379 e. The lowest BCUT2D eigenvalue weighted by Gasteiger charge is -2.41. The predicted octanol–water partition coefficient (Wildman–Crippen LogP) is 2.24. The summed E-state index contributed by atoms with van der Waals surface area (Å²) in [5.74, 6) is 0.902. The molecule has 1 saturated heterocycles. The summed E-state index contributed by atoms with van der Waals surface area (Å²) in [5, 5.41) is 12.7. The standard InChI is InChI=1S/C17H25N5O/c1-5-17(4,21-9-11-23-12-10-21)16-18-19-20-22(16)15-13(2)7-6-8-14(15)3/h6-8H,5,9-12H2,1-4H3/t17-/m1/s1. The number of hydrogen-bond donors (Lipinski definition) is 0. The molecule has 1 aliphatic rings. The van der Waals surface area contributed by atoms with Crippen LogP contribution in [0.25, 0.3) is 5.69 Å². The van der Waals surface area contributed by atoms with E-state index in [2.05, 4.69) is 66.3 Å². The van der Waals surface area contributed by atoms with Gasteiger partial charge in [0.2, 0.25) is 0 Å². The molecule has 0 bridgehead atoms. The molecule has 2 aromatic rings. The number of aromatic nitrogens is 4. The number of ether oxygens (including phenoxy) is 1. The minimum absolute atomic E-state index is 0.206. The van der Waals surface area contributed by atoms with Gasteiger partial charge in [-0.1, -0.05) is 25.1 Å². The van der Waals surface area contributed by atoms with Gasteiger partial charge in [0.05, 0.1) is 24.4 Å². The molecule has 0 amide bonds. The van der Waals surface area contributed by atoms with Gasteiger partial charge in [-0.15, -0.1) is 5.10 Å². The fourth-order valence-electron chi connectivity index (χ4n) is 3.39. The van der Waals surface area contributed by atoms with Gasteiger partial charge in [0.15, 0.2) is 5.82 Å². The second kappa shape index (κ2) is 6.37. The quantitative estimate of drug-likeness (QED) is 0.866. The largest absolute Gasteiger partial charge is 0.379 e. The molecule has 1 aliphatic heterocycles. The fourth-order valence-corrected chi connectivity index (χ4v) is 3.39. The summed E-state index contributed by atoms with van der Waals surface area (Å²) in [6.07, 6.45) is 0.943. The third-order valence-corrected chi connectivity index (χ3v) is 5.00. The number of benzene rings is 1. The molecule has 0 unspecified atom stereocenters. The molecule has 0 spiro atoms. The maximum atomic E-state index is 5.51. The topological polar surface area (TPSA) is 56.1 Å². The van der Waals surface area contributed by atoms with E-state index in [0.717, 1.165) is 44.2 Å². The lowest BCUT2D eigenvalue weighted by Crippen LogP contribution is -2.50. The number of nitrogens with zero attached hydrogens (tertiary/aromatic N) is 5. The number of morpholine rings is 1. The molecule has 0 N–H and O–H groups in total. The van der Waals surface area contributed by atoms with E-state index in [1.54, 1.807) is 0 Å². The SMILES string of the molecule is CC[C@](C)(c1nnnn1-c1c(C)cccc1C)N1CCOCC1. The molecule has 6 heteroatoms. The Morgan fingerprint density at radius 3 is 2.43 bits per heavy atom. The molecule has 1 aromatic heterocycles. The van der Waals surface area contributed by atoms with Crippen LogP contribution in [0.15, 0.2) is 18.2 Å². The van der Waals surface area contributed by atoms with Crippen LogP contribution in [0.4, 0.5) is 0 Å². The van der Waals surface area contributed by atoms with E-state index in [1.165, 1.54) is 11.1 Å². The molecule has 1 atom stereocenters. The van der Waals surface area contributed by atoms with Crippen LogP contribution in [0.2, 0.25) is 0 Å². The molecular formula is C17H25N5O. The number of tetrazole rings is 1. The lowest BCUT2D eigenvalue weighted by molar-refractivity contribution is -0.0240. The highest BCUT2D eigenvalue weighted by atomic mass is 16.5. The van der Waals surface area contributed by atoms with Gasteiger partial charge in [0.1, 0.15) is 0 Å². The van der Waals surface area contributed by atoms with Gasteiger partial charge in [-0.05, 0) is 48.7 Å². The Labute approximate surface area is 137 Å². The predicted molar refractivity (Wildman–Crippen MR) is 88.7 cm³/mol. The molecule has 0 aliphatic carbocycles. The van der Waals surface area contributed by atoms with Crippen molar-refractivity contribution >= 4 is 0 Å². The van der Waals surface area contributed by atoms with Crippen LogP contribution in [0, 0.1) is 13.8 Å². The van der Waals surface area contributed by atoms with Crippen LogP contribution in [-0.4, -0.2) is 51.4 Å². The van der Waals surface area contributed by atoms with Crippen molar-refractivity contribution in [1.29, 1.82) is 0 Å². The zero-order valence-electron chi connectivity index (χ0n) is 14.4. The Bertz CT molecular complexity index is 657. The summed E-state index contributed by atoms with van der Waals surface area (Å²) in [6.45, 7) is 12.0.